The lowest BCUT2D eigenvalue weighted by Gasteiger charge is -2.23. The van der Waals surface area contributed by atoms with Crippen LogP contribution in [0.5, 0.6) is 5.75 Å². The van der Waals surface area contributed by atoms with Gasteiger partial charge in [-0.1, -0.05) is 0 Å². The quantitative estimate of drug-likeness (QED) is 0.646. The van der Waals surface area contributed by atoms with E-state index >= 15 is 0 Å². The van der Waals surface area contributed by atoms with Crippen molar-refractivity contribution in [2.75, 3.05) is 38.2 Å². The maximum Gasteiger partial charge on any atom is 0.311 e. The third-order valence-electron chi connectivity index (χ3n) is 5.24. The molecule has 2 atom stereocenters. The highest BCUT2D eigenvalue weighted by Gasteiger charge is 2.37. The molecule has 1 aromatic carbocycles. The topological polar surface area (TPSA) is 85.5 Å². The van der Waals surface area contributed by atoms with E-state index in [1.54, 1.807) is 23.0 Å². The van der Waals surface area contributed by atoms with E-state index in [9.17, 15) is 10.1 Å². The number of halogens is 1. The van der Waals surface area contributed by atoms with E-state index in [4.69, 9.17) is 4.74 Å². The zero-order valence-corrected chi connectivity index (χ0v) is 15.5. The van der Waals surface area contributed by atoms with Crippen molar-refractivity contribution >= 4 is 23.8 Å². The van der Waals surface area contributed by atoms with Crippen LogP contribution in [0.4, 0.5) is 11.4 Å². The van der Waals surface area contributed by atoms with Crippen molar-refractivity contribution in [3.63, 3.8) is 0 Å². The van der Waals surface area contributed by atoms with Gasteiger partial charge in [0.05, 0.1) is 18.2 Å². The highest BCUT2D eigenvalue weighted by atomic mass is 35.5. The number of ether oxygens (including phenoxy) is 1. The molecule has 2 aromatic rings. The van der Waals surface area contributed by atoms with Crippen LogP contribution in [0.2, 0.25) is 0 Å². The van der Waals surface area contributed by atoms with E-state index in [0.29, 0.717) is 17.6 Å². The van der Waals surface area contributed by atoms with E-state index in [0.717, 1.165) is 43.0 Å². The summed E-state index contributed by atoms with van der Waals surface area (Å²) in [6.07, 6.45) is 3.63. The number of nitro benzene ring substituents is 1. The van der Waals surface area contributed by atoms with Crippen LogP contribution >= 0.6 is 12.4 Å². The number of hydrogen-bond acceptors (Lipinski definition) is 6. The monoisotopic (exact) mass is 379 g/mol. The molecule has 2 unspecified atom stereocenters. The van der Waals surface area contributed by atoms with E-state index < -0.39 is 4.92 Å². The van der Waals surface area contributed by atoms with Crippen molar-refractivity contribution in [2.24, 2.45) is 18.9 Å². The van der Waals surface area contributed by atoms with Crippen molar-refractivity contribution in [3.8, 4) is 16.9 Å². The van der Waals surface area contributed by atoms with Crippen LogP contribution in [0.1, 0.15) is 0 Å². The lowest BCUT2D eigenvalue weighted by atomic mass is 10.0. The van der Waals surface area contributed by atoms with Crippen LogP contribution in [0.25, 0.3) is 11.1 Å². The van der Waals surface area contributed by atoms with Gasteiger partial charge in [-0.2, -0.15) is 5.10 Å². The van der Waals surface area contributed by atoms with Crippen LogP contribution in [-0.4, -0.2) is 48.0 Å². The molecule has 140 valence electrons. The van der Waals surface area contributed by atoms with Crippen LogP contribution < -0.4 is 15.0 Å². The Morgan fingerprint density at radius 1 is 1.31 bits per heavy atom. The van der Waals surface area contributed by atoms with E-state index in [1.807, 2.05) is 13.2 Å². The van der Waals surface area contributed by atoms with Gasteiger partial charge >= 0.3 is 5.69 Å². The summed E-state index contributed by atoms with van der Waals surface area (Å²) in [5, 5.41) is 19.1. The number of nitro groups is 1. The maximum absolute atomic E-state index is 11.4. The Morgan fingerprint density at radius 2 is 2.00 bits per heavy atom. The Kier molecular flexibility index (Phi) is 5.06. The summed E-state index contributed by atoms with van der Waals surface area (Å²) in [7, 11) is 3.31. The Morgan fingerprint density at radius 3 is 2.54 bits per heavy atom. The van der Waals surface area contributed by atoms with Crippen molar-refractivity contribution in [3.05, 3.63) is 34.6 Å². The fourth-order valence-corrected chi connectivity index (χ4v) is 3.97. The Bertz CT molecular complexity index is 813. The second kappa shape index (κ2) is 7.13. The number of nitrogens with one attached hydrogen (secondary N) is 1. The first-order chi connectivity index (χ1) is 12.1. The number of rotatable bonds is 4. The molecule has 4 rings (SSSR count). The number of aromatic nitrogens is 2. The maximum atomic E-state index is 11.4. The summed E-state index contributed by atoms with van der Waals surface area (Å²) in [5.74, 6) is 1.55. The first kappa shape index (κ1) is 18.5. The smallest absolute Gasteiger partial charge is 0.311 e. The van der Waals surface area contributed by atoms with Crippen molar-refractivity contribution in [1.29, 1.82) is 0 Å². The molecule has 9 heteroatoms. The molecular weight excluding hydrogens is 358 g/mol. The minimum Gasteiger partial charge on any atom is -0.490 e. The van der Waals surface area contributed by atoms with Gasteiger partial charge in [0, 0.05) is 68.4 Å². The fourth-order valence-electron chi connectivity index (χ4n) is 3.97. The van der Waals surface area contributed by atoms with E-state index in [-0.39, 0.29) is 18.1 Å². The van der Waals surface area contributed by atoms with E-state index in [2.05, 4.69) is 15.3 Å². The van der Waals surface area contributed by atoms with Crippen molar-refractivity contribution < 1.29 is 9.66 Å². The van der Waals surface area contributed by atoms with Crippen LogP contribution in [0.15, 0.2) is 24.5 Å². The summed E-state index contributed by atoms with van der Waals surface area (Å²) >= 11 is 0. The number of methoxy groups -OCH3 is 1. The molecule has 3 heterocycles. The van der Waals surface area contributed by atoms with Gasteiger partial charge < -0.3 is 15.0 Å². The molecule has 2 aliphatic heterocycles. The SMILES string of the molecule is COc1cc(N2CC3CNCC3C2)c(-c2cnn(C)c2)cc1[N+](=O)[O-].Cl. The van der Waals surface area contributed by atoms with E-state index in [1.165, 1.54) is 7.11 Å². The predicted octanol–water partition coefficient (Wildman–Crippen LogP) is 2.08. The predicted molar refractivity (Wildman–Crippen MR) is 101 cm³/mol. The Balaban J connectivity index is 0.00000196. The summed E-state index contributed by atoms with van der Waals surface area (Å²) in [4.78, 5) is 13.4. The Labute approximate surface area is 157 Å². The molecule has 26 heavy (non-hydrogen) atoms. The molecule has 0 amide bonds. The lowest BCUT2D eigenvalue weighted by molar-refractivity contribution is -0.385. The molecule has 2 saturated heterocycles. The average Bonchev–Trinajstić information content (AvgIpc) is 3.29. The number of hydrogen-bond donors (Lipinski definition) is 1. The average molecular weight is 380 g/mol. The van der Waals surface area contributed by atoms with Gasteiger partial charge in [-0.05, 0) is 11.8 Å². The standard InChI is InChI=1S/C17H21N5O3.ClH/c1-20-8-13(7-19-20)14-3-16(22(23)24)17(25-2)4-15(14)21-9-11-5-18-6-12(11)10-21;/h3-4,7-8,11-12,18H,5-6,9-10H2,1-2H3;1H. The summed E-state index contributed by atoms with van der Waals surface area (Å²) < 4.78 is 7.00. The molecule has 8 nitrogen and oxygen atoms in total. The number of anilines is 1. The van der Waals surface area contributed by atoms with Crippen LogP contribution in [0, 0.1) is 22.0 Å². The third kappa shape index (κ3) is 3.10. The normalized spacial score (nSPS) is 21.4. The molecule has 0 aliphatic carbocycles. The molecule has 0 radical (unpaired) electrons. The number of benzene rings is 1. The lowest BCUT2D eigenvalue weighted by Crippen LogP contribution is -2.26. The number of nitrogens with zero attached hydrogens (tertiary/aromatic N) is 4. The van der Waals surface area contributed by atoms with Gasteiger partial charge in [-0.15, -0.1) is 12.4 Å². The molecule has 0 bridgehead atoms. The highest BCUT2D eigenvalue weighted by Crippen LogP contribution is 2.42. The van der Waals surface area contributed by atoms with Crippen LogP contribution in [-0.2, 0) is 7.05 Å². The number of aryl methyl sites for hydroxylation is 1. The molecule has 1 aromatic heterocycles. The molecule has 1 N–H and O–H groups in total. The van der Waals surface area contributed by atoms with Crippen LogP contribution in [0.3, 0.4) is 0 Å². The van der Waals surface area contributed by atoms with Gasteiger partial charge in [0.1, 0.15) is 0 Å². The fraction of sp³-hybridized carbons (Fsp3) is 0.471. The third-order valence-corrected chi connectivity index (χ3v) is 5.24. The minimum absolute atomic E-state index is 0. The zero-order chi connectivity index (χ0) is 17.6. The summed E-state index contributed by atoms with van der Waals surface area (Å²) in [5.41, 5.74) is 2.66. The summed E-state index contributed by atoms with van der Waals surface area (Å²) in [6.45, 7) is 3.97. The van der Waals surface area contributed by atoms with Gasteiger partial charge in [0.25, 0.3) is 0 Å². The van der Waals surface area contributed by atoms with Gasteiger partial charge in [-0.25, -0.2) is 0 Å². The molecule has 2 fully saturated rings. The summed E-state index contributed by atoms with van der Waals surface area (Å²) in [6, 6.07) is 3.41. The molecule has 0 saturated carbocycles. The molecule has 0 spiro atoms. The van der Waals surface area contributed by atoms with Crippen molar-refractivity contribution in [2.45, 2.75) is 0 Å². The number of fused-ring (bicyclic) bond motifs is 1. The largest absolute Gasteiger partial charge is 0.490 e. The minimum atomic E-state index is -0.398. The zero-order valence-electron chi connectivity index (χ0n) is 14.7. The first-order valence-electron chi connectivity index (χ1n) is 8.38. The van der Waals surface area contributed by atoms with Gasteiger partial charge in [0.2, 0.25) is 0 Å². The van der Waals surface area contributed by atoms with Crippen molar-refractivity contribution in [1.82, 2.24) is 15.1 Å². The molecule has 2 aliphatic rings. The Hall–Kier alpha value is -2.32. The molecular formula is C17H22ClN5O3. The first-order valence-corrected chi connectivity index (χ1v) is 8.38. The van der Waals surface area contributed by atoms with Gasteiger partial charge in [-0.3, -0.25) is 14.8 Å². The van der Waals surface area contributed by atoms with Gasteiger partial charge in [0.15, 0.2) is 5.75 Å². The highest BCUT2D eigenvalue weighted by molar-refractivity contribution is 5.85. The second-order valence-electron chi connectivity index (χ2n) is 6.78. The second-order valence-corrected chi connectivity index (χ2v) is 6.78.